The van der Waals surface area contributed by atoms with E-state index in [2.05, 4.69) is 21.4 Å². The molecule has 1 N–H and O–H groups in total. The Morgan fingerprint density at radius 3 is 2.86 bits per heavy atom. The number of likely N-dealkylation sites (tertiary alicyclic amines) is 1. The predicted octanol–water partition coefficient (Wildman–Crippen LogP) is 4.77. The molecule has 0 radical (unpaired) electrons. The Morgan fingerprint density at radius 1 is 1.18 bits per heavy atom. The van der Waals surface area contributed by atoms with Crippen molar-refractivity contribution in [2.75, 3.05) is 13.1 Å². The largest absolute Gasteiger partial charge is 0.351 e. The van der Waals surface area contributed by atoms with Crippen molar-refractivity contribution in [2.24, 2.45) is 0 Å². The van der Waals surface area contributed by atoms with Gasteiger partial charge in [0.2, 0.25) is 5.76 Å². The Bertz CT molecular complexity index is 801. The summed E-state index contributed by atoms with van der Waals surface area (Å²) in [6.45, 7) is 2.86. The van der Waals surface area contributed by atoms with Crippen LogP contribution < -0.4 is 5.32 Å². The lowest BCUT2D eigenvalue weighted by atomic mass is 9.94. The highest BCUT2D eigenvalue weighted by Crippen LogP contribution is 2.28. The van der Waals surface area contributed by atoms with Crippen LogP contribution in [0.3, 0.4) is 0 Å². The zero-order valence-electron chi connectivity index (χ0n) is 16.2. The zero-order chi connectivity index (χ0) is 19.3. The maximum Gasteiger partial charge on any atom is 0.290 e. The van der Waals surface area contributed by atoms with Crippen molar-refractivity contribution >= 4 is 17.5 Å². The molecule has 2 aromatic rings. The zero-order valence-corrected chi connectivity index (χ0v) is 17.0. The fourth-order valence-corrected chi connectivity index (χ4v) is 4.64. The Hall–Kier alpha value is -1.85. The highest BCUT2D eigenvalue weighted by Gasteiger charge is 2.26. The van der Waals surface area contributed by atoms with Gasteiger partial charge in [-0.15, -0.1) is 0 Å². The number of nitrogens with zero attached hydrogens (tertiary/aromatic N) is 2. The minimum Gasteiger partial charge on any atom is -0.351 e. The third-order valence-corrected chi connectivity index (χ3v) is 6.15. The third kappa shape index (κ3) is 4.95. The molecule has 1 amide bonds. The van der Waals surface area contributed by atoms with E-state index in [-0.39, 0.29) is 11.9 Å². The highest BCUT2D eigenvalue weighted by molar-refractivity contribution is 6.30. The van der Waals surface area contributed by atoms with Crippen LogP contribution in [0.5, 0.6) is 0 Å². The summed E-state index contributed by atoms with van der Waals surface area (Å²) in [7, 11) is 0. The van der Waals surface area contributed by atoms with E-state index < -0.39 is 0 Å². The molecule has 1 aliphatic carbocycles. The molecule has 150 valence electrons. The first-order valence-corrected chi connectivity index (χ1v) is 10.8. The van der Waals surface area contributed by atoms with E-state index in [4.69, 9.17) is 16.1 Å². The van der Waals surface area contributed by atoms with E-state index >= 15 is 0 Å². The van der Waals surface area contributed by atoms with E-state index in [1.807, 2.05) is 24.3 Å². The SMILES string of the molecule is O=C(NC1CCCCC1)c1cc([C@@H]2CCCN(Cc3cccc(Cl)c3)C2)no1. The van der Waals surface area contributed by atoms with Crippen molar-refractivity contribution in [2.45, 2.75) is 63.5 Å². The van der Waals surface area contributed by atoms with E-state index in [0.717, 1.165) is 56.0 Å². The van der Waals surface area contributed by atoms with Crippen LogP contribution in [0.4, 0.5) is 0 Å². The van der Waals surface area contributed by atoms with Crippen molar-refractivity contribution < 1.29 is 9.32 Å². The van der Waals surface area contributed by atoms with Gasteiger partial charge in [-0.25, -0.2) is 0 Å². The average molecular weight is 402 g/mol. The van der Waals surface area contributed by atoms with Crippen LogP contribution in [0.2, 0.25) is 5.02 Å². The first-order valence-electron chi connectivity index (χ1n) is 10.4. The molecule has 28 heavy (non-hydrogen) atoms. The molecule has 2 heterocycles. The summed E-state index contributed by atoms with van der Waals surface area (Å²) in [4.78, 5) is 14.9. The number of hydrogen-bond donors (Lipinski definition) is 1. The van der Waals surface area contributed by atoms with Crippen molar-refractivity contribution in [1.82, 2.24) is 15.4 Å². The maximum atomic E-state index is 12.5. The third-order valence-electron chi connectivity index (χ3n) is 5.91. The second-order valence-corrected chi connectivity index (χ2v) is 8.57. The van der Waals surface area contributed by atoms with Crippen molar-refractivity contribution in [3.63, 3.8) is 0 Å². The molecular formula is C22H28ClN3O2. The van der Waals surface area contributed by atoms with Crippen LogP contribution >= 0.6 is 11.6 Å². The Balaban J connectivity index is 1.35. The van der Waals surface area contributed by atoms with Gasteiger partial charge >= 0.3 is 0 Å². The van der Waals surface area contributed by atoms with Crippen LogP contribution in [0, 0.1) is 0 Å². The molecule has 5 nitrogen and oxygen atoms in total. The number of hydrogen-bond acceptors (Lipinski definition) is 4. The molecule has 1 aromatic heterocycles. The van der Waals surface area contributed by atoms with Gasteiger partial charge in [0.15, 0.2) is 0 Å². The number of halogens is 1. The Morgan fingerprint density at radius 2 is 2.04 bits per heavy atom. The number of amides is 1. The number of benzene rings is 1. The van der Waals surface area contributed by atoms with Gasteiger partial charge in [-0.2, -0.15) is 0 Å². The number of rotatable bonds is 5. The van der Waals surface area contributed by atoms with Crippen LogP contribution in [0.25, 0.3) is 0 Å². The summed E-state index contributed by atoms with van der Waals surface area (Å²) in [5.41, 5.74) is 2.12. The van der Waals surface area contributed by atoms with Crippen LogP contribution in [0.15, 0.2) is 34.9 Å². The molecule has 0 unspecified atom stereocenters. The number of carbonyl (C=O) groups is 1. The summed E-state index contributed by atoms with van der Waals surface area (Å²) in [6.07, 6.45) is 7.96. The van der Waals surface area contributed by atoms with Gasteiger partial charge in [-0.05, 0) is 49.9 Å². The number of piperidine rings is 1. The van der Waals surface area contributed by atoms with Gasteiger partial charge in [0.05, 0.1) is 5.69 Å². The summed E-state index contributed by atoms with van der Waals surface area (Å²) in [5, 5.41) is 8.10. The molecule has 1 aromatic carbocycles. The smallest absolute Gasteiger partial charge is 0.290 e. The number of carbonyl (C=O) groups excluding carboxylic acids is 1. The lowest BCUT2D eigenvalue weighted by Crippen LogP contribution is -2.36. The van der Waals surface area contributed by atoms with E-state index in [0.29, 0.717) is 11.7 Å². The number of aromatic nitrogens is 1. The van der Waals surface area contributed by atoms with E-state index in [1.54, 1.807) is 0 Å². The minimum atomic E-state index is -0.128. The van der Waals surface area contributed by atoms with Gasteiger partial charge < -0.3 is 9.84 Å². The topological polar surface area (TPSA) is 58.4 Å². The molecule has 0 bridgehead atoms. The lowest BCUT2D eigenvalue weighted by molar-refractivity contribution is 0.0890. The monoisotopic (exact) mass is 401 g/mol. The van der Waals surface area contributed by atoms with E-state index in [9.17, 15) is 4.79 Å². The van der Waals surface area contributed by atoms with Gasteiger partial charge in [-0.3, -0.25) is 9.69 Å². The molecule has 1 saturated heterocycles. The molecule has 1 atom stereocenters. The van der Waals surface area contributed by atoms with Crippen molar-refractivity contribution in [1.29, 1.82) is 0 Å². The maximum absolute atomic E-state index is 12.5. The number of nitrogens with one attached hydrogen (secondary N) is 1. The molecule has 0 spiro atoms. The fourth-order valence-electron chi connectivity index (χ4n) is 4.43. The second-order valence-electron chi connectivity index (χ2n) is 8.13. The molecule has 2 fully saturated rings. The minimum absolute atomic E-state index is 0.128. The fraction of sp³-hybridized carbons (Fsp3) is 0.545. The quantitative estimate of drug-likeness (QED) is 0.783. The standard InChI is InChI=1S/C22H28ClN3O2/c23-18-8-4-6-16(12-18)14-26-11-5-7-17(15-26)20-13-21(28-25-20)22(27)24-19-9-2-1-3-10-19/h4,6,8,12-13,17,19H,1-3,5,7,9-11,14-15H2,(H,24,27)/t17-/m1/s1. The normalized spacial score (nSPS) is 21.5. The van der Waals surface area contributed by atoms with Gasteiger partial charge in [0, 0.05) is 36.1 Å². The Kier molecular flexibility index (Phi) is 6.33. The predicted molar refractivity (Wildman–Crippen MR) is 110 cm³/mol. The van der Waals surface area contributed by atoms with Crippen LogP contribution in [-0.2, 0) is 6.54 Å². The van der Waals surface area contributed by atoms with Crippen molar-refractivity contribution in [3.8, 4) is 0 Å². The molecule has 6 heteroatoms. The first-order chi connectivity index (χ1) is 13.7. The average Bonchev–Trinajstić information content (AvgIpc) is 3.20. The first kappa shape index (κ1) is 19.5. The Labute approximate surface area is 171 Å². The summed E-state index contributed by atoms with van der Waals surface area (Å²) in [5.74, 6) is 0.512. The van der Waals surface area contributed by atoms with Gasteiger partial charge in [-0.1, -0.05) is 48.2 Å². The van der Waals surface area contributed by atoms with Crippen LogP contribution in [0.1, 0.15) is 72.7 Å². The highest BCUT2D eigenvalue weighted by atomic mass is 35.5. The van der Waals surface area contributed by atoms with Gasteiger partial charge in [0.1, 0.15) is 0 Å². The second kappa shape index (κ2) is 9.10. The van der Waals surface area contributed by atoms with Crippen LogP contribution in [-0.4, -0.2) is 35.1 Å². The molecule has 1 aliphatic heterocycles. The van der Waals surface area contributed by atoms with Gasteiger partial charge in [0.25, 0.3) is 5.91 Å². The van der Waals surface area contributed by atoms with Crippen molar-refractivity contribution in [3.05, 3.63) is 52.4 Å². The molecule has 2 aliphatic rings. The summed E-state index contributed by atoms with van der Waals surface area (Å²) < 4.78 is 5.39. The van der Waals surface area contributed by atoms with E-state index in [1.165, 1.54) is 24.8 Å². The molecule has 1 saturated carbocycles. The lowest BCUT2D eigenvalue weighted by Gasteiger charge is -2.31. The summed E-state index contributed by atoms with van der Waals surface area (Å²) in [6, 6.07) is 10.1. The molecular weight excluding hydrogens is 374 g/mol. The summed E-state index contributed by atoms with van der Waals surface area (Å²) >= 11 is 6.11. The molecule has 4 rings (SSSR count).